The molecular formula is C16H23N3O. The molecule has 2 aliphatic rings. The molecule has 20 heavy (non-hydrogen) atoms. The van der Waals surface area contributed by atoms with Crippen molar-refractivity contribution in [1.29, 1.82) is 0 Å². The first-order valence-corrected chi connectivity index (χ1v) is 7.42. The SMILES string of the molecule is CN(C)Cc1cccc(NC(=O)C2CC3CCC2N3)c1. The molecule has 4 nitrogen and oxygen atoms in total. The first-order valence-electron chi connectivity index (χ1n) is 7.42. The highest BCUT2D eigenvalue weighted by atomic mass is 16.2. The van der Waals surface area contributed by atoms with Crippen molar-refractivity contribution >= 4 is 11.6 Å². The Morgan fingerprint density at radius 2 is 2.25 bits per heavy atom. The van der Waals surface area contributed by atoms with Gasteiger partial charge in [0.2, 0.25) is 5.91 Å². The summed E-state index contributed by atoms with van der Waals surface area (Å²) in [6, 6.07) is 9.10. The lowest BCUT2D eigenvalue weighted by Crippen LogP contribution is -2.32. The van der Waals surface area contributed by atoms with Crippen molar-refractivity contribution in [2.45, 2.75) is 37.9 Å². The molecule has 2 saturated heterocycles. The first-order chi connectivity index (χ1) is 9.61. The molecule has 0 aliphatic carbocycles. The van der Waals surface area contributed by atoms with Crippen LogP contribution in [-0.2, 0) is 11.3 Å². The van der Waals surface area contributed by atoms with E-state index in [0.29, 0.717) is 12.1 Å². The van der Waals surface area contributed by atoms with Gasteiger partial charge in [-0.25, -0.2) is 0 Å². The number of anilines is 1. The van der Waals surface area contributed by atoms with Gasteiger partial charge < -0.3 is 15.5 Å². The lowest BCUT2D eigenvalue weighted by Gasteiger charge is -2.19. The van der Waals surface area contributed by atoms with Crippen LogP contribution in [0.1, 0.15) is 24.8 Å². The number of carbonyl (C=O) groups excluding carboxylic acids is 1. The van der Waals surface area contributed by atoms with Crippen molar-refractivity contribution < 1.29 is 4.79 Å². The second-order valence-electron chi connectivity index (χ2n) is 6.32. The first kappa shape index (κ1) is 13.6. The molecule has 4 heteroatoms. The highest BCUT2D eigenvalue weighted by Gasteiger charge is 2.42. The summed E-state index contributed by atoms with van der Waals surface area (Å²) in [7, 11) is 4.10. The Morgan fingerprint density at radius 1 is 1.40 bits per heavy atom. The van der Waals surface area contributed by atoms with E-state index in [2.05, 4.69) is 27.7 Å². The van der Waals surface area contributed by atoms with Crippen molar-refractivity contribution in [2.24, 2.45) is 5.92 Å². The lowest BCUT2D eigenvalue weighted by atomic mass is 9.88. The maximum atomic E-state index is 12.4. The van der Waals surface area contributed by atoms with E-state index in [4.69, 9.17) is 0 Å². The summed E-state index contributed by atoms with van der Waals surface area (Å²) in [5, 5.41) is 6.60. The average Bonchev–Trinajstić information content (AvgIpc) is 3.00. The zero-order valence-corrected chi connectivity index (χ0v) is 12.2. The van der Waals surface area contributed by atoms with E-state index < -0.39 is 0 Å². The highest BCUT2D eigenvalue weighted by molar-refractivity contribution is 5.93. The third-order valence-corrected chi connectivity index (χ3v) is 4.33. The number of nitrogens with one attached hydrogen (secondary N) is 2. The molecule has 3 rings (SSSR count). The van der Waals surface area contributed by atoms with Crippen LogP contribution in [0.25, 0.3) is 0 Å². The Morgan fingerprint density at radius 3 is 2.90 bits per heavy atom. The summed E-state index contributed by atoms with van der Waals surface area (Å²) in [5.41, 5.74) is 2.14. The number of fused-ring (bicyclic) bond motifs is 2. The van der Waals surface area contributed by atoms with Gasteiger partial charge in [-0.3, -0.25) is 4.79 Å². The van der Waals surface area contributed by atoms with Crippen molar-refractivity contribution in [3.05, 3.63) is 29.8 Å². The molecule has 2 bridgehead atoms. The number of hydrogen-bond acceptors (Lipinski definition) is 3. The Labute approximate surface area is 120 Å². The maximum absolute atomic E-state index is 12.4. The molecule has 2 heterocycles. The average molecular weight is 273 g/mol. The van der Waals surface area contributed by atoms with E-state index in [-0.39, 0.29) is 11.8 Å². The zero-order chi connectivity index (χ0) is 14.1. The molecule has 1 amide bonds. The van der Waals surface area contributed by atoms with Gasteiger partial charge in [-0.15, -0.1) is 0 Å². The molecule has 3 atom stereocenters. The summed E-state index contributed by atoms with van der Waals surface area (Å²) < 4.78 is 0. The quantitative estimate of drug-likeness (QED) is 0.879. The topological polar surface area (TPSA) is 44.4 Å². The third kappa shape index (κ3) is 2.86. The number of amides is 1. The predicted molar refractivity (Wildman–Crippen MR) is 80.5 cm³/mol. The van der Waals surface area contributed by atoms with E-state index in [1.807, 2.05) is 26.2 Å². The molecule has 108 valence electrons. The number of nitrogens with zero attached hydrogens (tertiary/aromatic N) is 1. The van der Waals surface area contributed by atoms with Crippen LogP contribution in [-0.4, -0.2) is 37.0 Å². The van der Waals surface area contributed by atoms with Crippen molar-refractivity contribution in [1.82, 2.24) is 10.2 Å². The van der Waals surface area contributed by atoms with Gasteiger partial charge in [0, 0.05) is 24.3 Å². The standard InChI is InChI=1S/C16H23N3O/c1-19(2)10-11-4-3-5-12(8-11)18-16(20)14-9-13-6-7-15(14)17-13/h3-5,8,13-15,17H,6-7,9-10H2,1-2H3,(H,18,20). The van der Waals surface area contributed by atoms with Crippen LogP contribution < -0.4 is 10.6 Å². The number of rotatable bonds is 4. The largest absolute Gasteiger partial charge is 0.326 e. The Kier molecular flexibility index (Phi) is 3.76. The molecule has 2 aliphatic heterocycles. The van der Waals surface area contributed by atoms with Gasteiger partial charge in [0.15, 0.2) is 0 Å². The van der Waals surface area contributed by atoms with Gasteiger partial charge in [0.25, 0.3) is 0 Å². The lowest BCUT2D eigenvalue weighted by molar-refractivity contribution is -0.120. The maximum Gasteiger partial charge on any atom is 0.229 e. The molecule has 2 fully saturated rings. The van der Waals surface area contributed by atoms with Crippen molar-refractivity contribution in [3.63, 3.8) is 0 Å². The van der Waals surface area contributed by atoms with Crippen LogP contribution in [0.2, 0.25) is 0 Å². The summed E-state index contributed by atoms with van der Waals surface area (Å²) >= 11 is 0. The molecule has 2 N–H and O–H groups in total. The fourth-order valence-electron chi connectivity index (χ4n) is 3.46. The number of hydrogen-bond donors (Lipinski definition) is 2. The molecule has 0 aromatic heterocycles. The Bertz CT molecular complexity index is 500. The molecule has 0 spiro atoms. The fraction of sp³-hybridized carbons (Fsp3) is 0.562. The number of carbonyl (C=O) groups is 1. The summed E-state index contributed by atoms with van der Waals surface area (Å²) in [5.74, 6) is 0.318. The fourth-order valence-corrected chi connectivity index (χ4v) is 3.46. The summed E-state index contributed by atoms with van der Waals surface area (Å²) in [4.78, 5) is 14.5. The smallest absolute Gasteiger partial charge is 0.229 e. The monoisotopic (exact) mass is 273 g/mol. The molecule has 1 aromatic rings. The second kappa shape index (κ2) is 5.54. The predicted octanol–water partition coefficient (Wildman–Crippen LogP) is 1.83. The van der Waals surface area contributed by atoms with Gasteiger partial charge in [0.05, 0.1) is 5.92 Å². The van der Waals surface area contributed by atoms with E-state index in [1.165, 1.54) is 12.0 Å². The zero-order valence-electron chi connectivity index (χ0n) is 12.2. The van der Waals surface area contributed by atoms with Gasteiger partial charge >= 0.3 is 0 Å². The highest BCUT2D eigenvalue weighted by Crippen LogP contribution is 2.33. The van der Waals surface area contributed by atoms with E-state index >= 15 is 0 Å². The van der Waals surface area contributed by atoms with Crippen LogP contribution in [0.4, 0.5) is 5.69 Å². The van der Waals surface area contributed by atoms with Gasteiger partial charge in [-0.1, -0.05) is 12.1 Å². The van der Waals surface area contributed by atoms with Crippen molar-refractivity contribution in [3.8, 4) is 0 Å². The van der Waals surface area contributed by atoms with Crippen molar-refractivity contribution in [2.75, 3.05) is 19.4 Å². The van der Waals surface area contributed by atoms with Gasteiger partial charge in [-0.05, 0) is 51.1 Å². The molecular weight excluding hydrogens is 250 g/mol. The van der Waals surface area contributed by atoms with Gasteiger partial charge in [0.1, 0.15) is 0 Å². The summed E-state index contributed by atoms with van der Waals surface area (Å²) in [6.45, 7) is 0.888. The molecule has 0 saturated carbocycles. The number of benzene rings is 1. The Balaban J connectivity index is 1.64. The van der Waals surface area contributed by atoms with E-state index in [0.717, 1.165) is 25.1 Å². The second-order valence-corrected chi connectivity index (χ2v) is 6.32. The minimum absolute atomic E-state index is 0.145. The summed E-state index contributed by atoms with van der Waals surface area (Å²) in [6.07, 6.45) is 3.37. The minimum atomic E-state index is 0.145. The Hall–Kier alpha value is -1.39. The molecule has 3 unspecified atom stereocenters. The van der Waals surface area contributed by atoms with Crippen LogP contribution in [0.5, 0.6) is 0 Å². The normalized spacial score (nSPS) is 28.1. The van der Waals surface area contributed by atoms with Crippen LogP contribution in [0.15, 0.2) is 24.3 Å². The van der Waals surface area contributed by atoms with E-state index in [9.17, 15) is 4.79 Å². The molecule has 1 aromatic carbocycles. The van der Waals surface area contributed by atoms with Gasteiger partial charge in [-0.2, -0.15) is 0 Å². The van der Waals surface area contributed by atoms with E-state index in [1.54, 1.807) is 0 Å². The van der Waals surface area contributed by atoms with Crippen LogP contribution in [0, 0.1) is 5.92 Å². The molecule has 0 radical (unpaired) electrons. The van der Waals surface area contributed by atoms with Crippen LogP contribution in [0.3, 0.4) is 0 Å². The third-order valence-electron chi connectivity index (χ3n) is 4.33. The minimum Gasteiger partial charge on any atom is -0.326 e. The van der Waals surface area contributed by atoms with Crippen LogP contribution >= 0.6 is 0 Å².